The van der Waals surface area contributed by atoms with Crippen LogP contribution in [0.5, 0.6) is 0 Å². The van der Waals surface area contributed by atoms with Crippen LogP contribution in [-0.4, -0.2) is 39.2 Å². The highest BCUT2D eigenvalue weighted by Crippen LogP contribution is 2.39. The highest BCUT2D eigenvalue weighted by atomic mass is 32.1. The Morgan fingerprint density at radius 2 is 2.10 bits per heavy atom. The molecule has 3 heterocycles. The maximum atomic E-state index is 11.6. The van der Waals surface area contributed by atoms with Gasteiger partial charge < -0.3 is 19.5 Å². The Kier molecular flexibility index (Phi) is 6.67. The lowest BCUT2D eigenvalue weighted by molar-refractivity contribution is -0.140. The minimum Gasteiger partial charge on any atom is -0.469 e. The normalized spacial score (nSPS) is 22.2. The van der Waals surface area contributed by atoms with Gasteiger partial charge in [-0.1, -0.05) is 25.3 Å². The lowest BCUT2D eigenvalue weighted by atomic mass is 9.95. The molecule has 0 spiro atoms. The van der Waals surface area contributed by atoms with Gasteiger partial charge in [0.05, 0.1) is 24.9 Å². The Balaban J connectivity index is 1.59. The van der Waals surface area contributed by atoms with Gasteiger partial charge in [0.25, 0.3) is 0 Å². The van der Waals surface area contributed by atoms with Crippen molar-refractivity contribution in [1.29, 1.82) is 0 Å². The van der Waals surface area contributed by atoms with Crippen molar-refractivity contribution in [3.63, 3.8) is 0 Å². The lowest BCUT2D eigenvalue weighted by Crippen LogP contribution is -2.30. The van der Waals surface area contributed by atoms with Crippen LogP contribution in [0.2, 0.25) is 0 Å². The minimum atomic E-state index is -0.186. The number of carbonyl (C=O) groups excluding carboxylic acids is 1. The van der Waals surface area contributed by atoms with E-state index in [-0.39, 0.29) is 18.1 Å². The third-order valence-corrected chi connectivity index (χ3v) is 6.63. The van der Waals surface area contributed by atoms with Crippen molar-refractivity contribution in [3.8, 4) is 0 Å². The third kappa shape index (κ3) is 4.51. The number of carbonyl (C=O) groups is 1. The predicted octanol–water partition coefficient (Wildman–Crippen LogP) is 4.31. The topological polar surface area (TPSA) is 59.4 Å². The molecule has 1 aliphatic carbocycles. The Morgan fingerprint density at radius 1 is 1.27 bits per heavy atom. The molecule has 1 saturated carbocycles. The molecule has 0 aromatic carbocycles. The van der Waals surface area contributed by atoms with Crippen molar-refractivity contribution in [1.82, 2.24) is 19.8 Å². The molecule has 2 fully saturated rings. The van der Waals surface area contributed by atoms with Gasteiger partial charge in [0.1, 0.15) is 0 Å². The van der Waals surface area contributed by atoms with Gasteiger partial charge in [-0.2, -0.15) is 0 Å². The number of hydrogen-bond acceptors (Lipinski definition) is 4. The summed E-state index contributed by atoms with van der Waals surface area (Å²) < 4.78 is 7.18. The predicted molar refractivity (Wildman–Crippen MR) is 120 cm³/mol. The van der Waals surface area contributed by atoms with E-state index in [0.717, 1.165) is 5.69 Å². The van der Waals surface area contributed by atoms with Crippen molar-refractivity contribution in [2.75, 3.05) is 13.7 Å². The van der Waals surface area contributed by atoms with Crippen molar-refractivity contribution < 1.29 is 9.53 Å². The molecule has 2 atom stereocenters. The van der Waals surface area contributed by atoms with Crippen LogP contribution in [0.25, 0.3) is 0 Å². The number of esters is 1. The third-order valence-electron chi connectivity index (χ3n) is 6.28. The molecule has 7 heteroatoms. The second kappa shape index (κ2) is 9.60. The van der Waals surface area contributed by atoms with E-state index >= 15 is 0 Å². The molecule has 0 unspecified atom stereocenters. The SMILES string of the molecule is COC(=O)CCCN1C(=S)N[C@H](c2ccccn2)[C@@H]1c1ccn(C2CCCCC2)c1. The van der Waals surface area contributed by atoms with Gasteiger partial charge in [0.15, 0.2) is 5.11 Å². The first-order valence-corrected chi connectivity index (χ1v) is 11.3. The highest BCUT2D eigenvalue weighted by molar-refractivity contribution is 7.80. The van der Waals surface area contributed by atoms with Crippen molar-refractivity contribution in [2.45, 2.75) is 63.1 Å². The van der Waals surface area contributed by atoms with Gasteiger partial charge >= 0.3 is 5.97 Å². The summed E-state index contributed by atoms with van der Waals surface area (Å²) in [6.07, 6.45) is 13.9. The second-order valence-corrected chi connectivity index (χ2v) is 8.57. The number of rotatable bonds is 7. The maximum Gasteiger partial charge on any atom is 0.305 e. The average Bonchev–Trinajstić information content (AvgIpc) is 3.40. The first kappa shape index (κ1) is 20.8. The lowest BCUT2D eigenvalue weighted by Gasteiger charge is -2.27. The van der Waals surface area contributed by atoms with Gasteiger partial charge in [-0.25, -0.2) is 0 Å². The molecule has 30 heavy (non-hydrogen) atoms. The molecule has 6 nitrogen and oxygen atoms in total. The van der Waals surface area contributed by atoms with Crippen LogP contribution in [0, 0.1) is 0 Å². The number of pyridine rings is 1. The fourth-order valence-electron chi connectivity index (χ4n) is 4.72. The van der Waals surface area contributed by atoms with E-state index in [1.54, 1.807) is 0 Å². The van der Waals surface area contributed by atoms with E-state index < -0.39 is 0 Å². The van der Waals surface area contributed by atoms with Gasteiger partial charge in [0, 0.05) is 37.6 Å². The number of methoxy groups -OCH3 is 1. The molecule has 0 amide bonds. The van der Waals surface area contributed by atoms with Crippen LogP contribution < -0.4 is 5.32 Å². The number of ether oxygens (including phenoxy) is 1. The molecule has 160 valence electrons. The number of thiocarbonyl (C=S) groups is 1. The molecule has 1 saturated heterocycles. The minimum absolute atomic E-state index is 0.0148. The molecule has 2 aromatic rings. The standard InChI is InChI=1S/C23H30N4O2S/c1-29-20(28)11-7-14-27-22(21(25-23(27)30)19-10-5-6-13-24-19)17-12-15-26(16-17)18-8-3-2-4-9-18/h5-6,10,12-13,15-16,18,21-22H,2-4,7-9,11,14H2,1H3,(H,25,30)/t21-,22+/m1/s1. The average molecular weight is 427 g/mol. The fraction of sp³-hybridized carbons (Fsp3) is 0.522. The second-order valence-electron chi connectivity index (χ2n) is 8.18. The molecule has 1 N–H and O–H groups in total. The van der Waals surface area contributed by atoms with E-state index in [1.165, 1.54) is 44.8 Å². The highest BCUT2D eigenvalue weighted by Gasteiger charge is 2.40. The molecule has 2 aromatic heterocycles. The number of hydrogen-bond donors (Lipinski definition) is 1. The molecule has 1 aliphatic heterocycles. The Bertz CT molecular complexity index is 863. The number of aromatic nitrogens is 2. The van der Waals surface area contributed by atoms with Gasteiger partial charge in [0.2, 0.25) is 0 Å². The van der Waals surface area contributed by atoms with Gasteiger partial charge in [-0.3, -0.25) is 9.78 Å². The van der Waals surface area contributed by atoms with E-state index in [1.807, 2.05) is 24.4 Å². The number of nitrogens with zero attached hydrogens (tertiary/aromatic N) is 3. The molecular weight excluding hydrogens is 396 g/mol. The van der Waals surface area contributed by atoms with Crippen molar-refractivity contribution >= 4 is 23.3 Å². The van der Waals surface area contributed by atoms with Crippen LogP contribution in [0.15, 0.2) is 42.9 Å². The summed E-state index contributed by atoms with van der Waals surface area (Å²) in [4.78, 5) is 18.4. The molecular formula is C23H30N4O2S. The first-order chi connectivity index (χ1) is 14.7. The summed E-state index contributed by atoms with van der Waals surface area (Å²) in [5.41, 5.74) is 2.22. The zero-order chi connectivity index (χ0) is 20.9. The van der Waals surface area contributed by atoms with Crippen molar-refractivity contribution in [2.24, 2.45) is 0 Å². The smallest absolute Gasteiger partial charge is 0.305 e. The molecule has 0 radical (unpaired) electrons. The number of nitrogens with one attached hydrogen (secondary N) is 1. The molecule has 4 rings (SSSR count). The first-order valence-electron chi connectivity index (χ1n) is 10.9. The molecule has 2 aliphatic rings. The van der Waals surface area contributed by atoms with Crippen molar-refractivity contribution in [3.05, 3.63) is 54.1 Å². The van der Waals surface area contributed by atoms with E-state index in [9.17, 15) is 4.79 Å². The fourth-order valence-corrected chi connectivity index (χ4v) is 5.05. The maximum absolute atomic E-state index is 11.6. The summed E-state index contributed by atoms with van der Waals surface area (Å²) in [5.74, 6) is -0.186. The molecule has 0 bridgehead atoms. The Morgan fingerprint density at radius 3 is 2.83 bits per heavy atom. The summed E-state index contributed by atoms with van der Waals surface area (Å²) in [7, 11) is 1.43. The summed E-state index contributed by atoms with van der Waals surface area (Å²) in [6, 6.07) is 8.84. The zero-order valence-electron chi connectivity index (χ0n) is 17.5. The Hall–Kier alpha value is -2.41. The van der Waals surface area contributed by atoms with Crippen LogP contribution in [0.3, 0.4) is 0 Å². The van der Waals surface area contributed by atoms with E-state index in [2.05, 4.69) is 38.2 Å². The van der Waals surface area contributed by atoms with Crippen LogP contribution >= 0.6 is 12.2 Å². The summed E-state index contributed by atoms with van der Waals surface area (Å²) in [5, 5.41) is 4.19. The van der Waals surface area contributed by atoms with Gasteiger partial charge in [-0.15, -0.1) is 0 Å². The van der Waals surface area contributed by atoms with Crippen LogP contribution in [0.4, 0.5) is 0 Å². The van der Waals surface area contributed by atoms with Gasteiger partial charge in [-0.05, 0) is 55.2 Å². The van der Waals surface area contributed by atoms with E-state index in [4.69, 9.17) is 17.0 Å². The van der Waals surface area contributed by atoms with E-state index in [0.29, 0.717) is 30.5 Å². The summed E-state index contributed by atoms with van der Waals surface area (Å²) >= 11 is 5.70. The monoisotopic (exact) mass is 426 g/mol. The van der Waals surface area contributed by atoms with Crippen LogP contribution in [-0.2, 0) is 9.53 Å². The largest absolute Gasteiger partial charge is 0.469 e. The summed E-state index contributed by atoms with van der Waals surface area (Å²) in [6.45, 7) is 0.698. The van der Waals surface area contributed by atoms with Crippen LogP contribution in [0.1, 0.15) is 74.3 Å². The Labute approximate surface area is 183 Å². The quantitative estimate of drug-likeness (QED) is 0.526. The zero-order valence-corrected chi connectivity index (χ0v) is 18.3.